The number of nitrogens with two attached hydrogens (primary N) is 1. The number of nitrogens with one attached hydrogen (secondary N) is 1. The van der Waals surface area contributed by atoms with Gasteiger partial charge in [0.1, 0.15) is 5.82 Å². The number of anilines is 1. The van der Waals surface area contributed by atoms with Gasteiger partial charge in [-0.3, -0.25) is 9.59 Å². The quantitative estimate of drug-likeness (QED) is 0.582. The molecule has 1 atom stereocenters. The maximum absolute atomic E-state index is 13.0. The molecule has 0 unspecified atom stereocenters. The van der Waals surface area contributed by atoms with Crippen molar-refractivity contribution in [1.82, 2.24) is 5.32 Å². The number of benzene rings is 2. The topological polar surface area (TPSA) is 98.5 Å². The monoisotopic (exact) mass is 358 g/mol. The molecule has 0 saturated carbocycles. The van der Waals surface area contributed by atoms with Gasteiger partial charge in [0.2, 0.25) is 0 Å². The summed E-state index contributed by atoms with van der Waals surface area (Å²) in [6.45, 7) is 0.799. The van der Waals surface area contributed by atoms with Crippen LogP contribution in [0.25, 0.3) is 0 Å². The van der Waals surface area contributed by atoms with Crippen LogP contribution in [0.1, 0.15) is 22.8 Å². The average Bonchev–Trinajstić information content (AvgIpc) is 2.60. The van der Waals surface area contributed by atoms with E-state index in [9.17, 15) is 18.8 Å². The average molecular weight is 358 g/mol. The first-order valence-electron chi connectivity index (χ1n) is 7.92. The van der Waals surface area contributed by atoms with E-state index >= 15 is 0 Å². The molecule has 2 rings (SSSR count). The first kappa shape index (κ1) is 19.1. The van der Waals surface area contributed by atoms with Gasteiger partial charge in [0.15, 0.2) is 12.4 Å². The second-order valence-corrected chi connectivity index (χ2v) is 5.73. The van der Waals surface area contributed by atoms with Crippen LogP contribution in [-0.4, -0.2) is 30.3 Å². The Hall–Kier alpha value is -3.22. The second-order valence-electron chi connectivity index (χ2n) is 5.73. The third-order valence-corrected chi connectivity index (χ3v) is 3.68. The van der Waals surface area contributed by atoms with Crippen LogP contribution < -0.4 is 11.1 Å². The third-order valence-electron chi connectivity index (χ3n) is 3.68. The van der Waals surface area contributed by atoms with Crippen molar-refractivity contribution in [1.29, 1.82) is 0 Å². The molecule has 1 amide bonds. The van der Waals surface area contributed by atoms with Crippen LogP contribution in [0, 0.1) is 5.82 Å². The van der Waals surface area contributed by atoms with Gasteiger partial charge in [-0.15, -0.1) is 0 Å². The van der Waals surface area contributed by atoms with Gasteiger partial charge in [0.05, 0.1) is 11.6 Å². The summed E-state index contributed by atoms with van der Waals surface area (Å²) in [5, 5.41) is 2.54. The zero-order valence-corrected chi connectivity index (χ0v) is 14.2. The molecule has 0 saturated heterocycles. The summed E-state index contributed by atoms with van der Waals surface area (Å²) >= 11 is 0. The number of amides is 1. The molecule has 7 heteroatoms. The number of hydrogen-bond donors (Lipinski definition) is 2. The highest BCUT2D eigenvalue weighted by Crippen LogP contribution is 2.14. The molecule has 0 aromatic heterocycles. The molecule has 2 aromatic rings. The van der Waals surface area contributed by atoms with Crippen molar-refractivity contribution in [2.24, 2.45) is 0 Å². The fourth-order valence-corrected chi connectivity index (χ4v) is 2.31. The van der Waals surface area contributed by atoms with Gasteiger partial charge in [0, 0.05) is 5.69 Å². The molecule has 0 aliphatic rings. The minimum atomic E-state index is -0.847. The van der Waals surface area contributed by atoms with E-state index in [0.717, 1.165) is 17.7 Å². The first-order chi connectivity index (χ1) is 12.4. The molecule has 0 aliphatic heterocycles. The molecule has 26 heavy (non-hydrogen) atoms. The SMILES string of the molecule is CC(=O)[C@@H](Cc1ccccc1)NC(=O)COC(=O)c1ccc(F)cc1N. The lowest BCUT2D eigenvalue weighted by Gasteiger charge is -2.16. The number of rotatable bonds is 7. The molecule has 0 fully saturated rings. The van der Waals surface area contributed by atoms with Crippen LogP contribution >= 0.6 is 0 Å². The van der Waals surface area contributed by atoms with Gasteiger partial charge < -0.3 is 15.8 Å². The maximum atomic E-state index is 13.0. The highest BCUT2D eigenvalue weighted by Gasteiger charge is 2.19. The van der Waals surface area contributed by atoms with Gasteiger partial charge in [-0.1, -0.05) is 30.3 Å². The number of esters is 1. The van der Waals surface area contributed by atoms with E-state index in [2.05, 4.69) is 5.32 Å². The molecule has 0 radical (unpaired) electrons. The van der Waals surface area contributed by atoms with Crippen molar-refractivity contribution in [2.45, 2.75) is 19.4 Å². The van der Waals surface area contributed by atoms with Crippen molar-refractivity contribution in [3.05, 3.63) is 65.5 Å². The zero-order valence-electron chi connectivity index (χ0n) is 14.2. The van der Waals surface area contributed by atoms with E-state index in [-0.39, 0.29) is 17.0 Å². The number of carbonyl (C=O) groups is 3. The van der Waals surface area contributed by atoms with Gasteiger partial charge in [-0.25, -0.2) is 9.18 Å². The normalized spacial score (nSPS) is 11.5. The number of carbonyl (C=O) groups excluding carboxylic acids is 3. The van der Waals surface area contributed by atoms with Gasteiger partial charge in [-0.2, -0.15) is 0 Å². The molecule has 0 aliphatic carbocycles. The van der Waals surface area contributed by atoms with E-state index in [4.69, 9.17) is 10.5 Å². The van der Waals surface area contributed by atoms with Crippen LogP contribution in [0.5, 0.6) is 0 Å². The molecule has 2 aromatic carbocycles. The zero-order chi connectivity index (χ0) is 19.1. The fourth-order valence-electron chi connectivity index (χ4n) is 2.31. The summed E-state index contributed by atoms with van der Waals surface area (Å²) in [4.78, 5) is 35.7. The van der Waals surface area contributed by atoms with Crippen molar-refractivity contribution in [3.8, 4) is 0 Å². The van der Waals surface area contributed by atoms with E-state index in [0.29, 0.717) is 6.42 Å². The summed E-state index contributed by atoms with van der Waals surface area (Å²) in [6.07, 6.45) is 0.334. The van der Waals surface area contributed by atoms with E-state index in [1.54, 1.807) is 0 Å². The van der Waals surface area contributed by atoms with Crippen molar-refractivity contribution >= 4 is 23.3 Å². The van der Waals surface area contributed by atoms with Crippen LogP contribution in [0.2, 0.25) is 0 Å². The lowest BCUT2D eigenvalue weighted by molar-refractivity contribution is -0.128. The summed E-state index contributed by atoms with van der Waals surface area (Å²) < 4.78 is 17.9. The Bertz CT molecular complexity index is 808. The van der Waals surface area contributed by atoms with E-state index in [1.807, 2.05) is 30.3 Å². The highest BCUT2D eigenvalue weighted by molar-refractivity contribution is 5.96. The van der Waals surface area contributed by atoms with Crippen molar-refractivity contribution in [2.75, 3.05) is 12.3 Å². The summed E-state index contributed by atoms with van der Waals surface area (Å²) in [7, 11) is 0. The minimum Gasteiger partial charge on any atom is -0.452 e. The molecule has 0 heterocycles. The lowest BCUT2D eigenvalue weighted by atomic mass is 10.0. The second kappa shape index (κ2) is 8.75. The minimum absolute atomic E-state index is 0.0356. The molecular formula is C19H19FN2O4. The van der Waals surface area contributed by atoms with Crippen LogP contribution in [0.4, 0.5) is 10.1 Å². The largest absolute Gasteiger partial charge is 0.452 e. The van der Waals surface area contributed by atoms with Crippen LogP contribution in [-0.2, 0) is 20.7 Å². The molecule has 136 valence electrons. The standard InChI is InChI=1S/C19H19FN2O4/c1-12(23)17(9-13-5-3-2-4-6-13)22-18(24)11-26-19(25)15-8-7-14(20)10-16(15)21/h2-8,10,17H,9,11,21H2,1H3,(H,22,24)/t17-/m1/s1. The van der Waals surface area contributed by atoms with Crippen LogP contribution in [0.3, 0.4) is 0 Å². The van der Waals surface area contributed by atoms with E-state index < -0.39 is 30.3 Å². The fraction of sp³-hybridized carbons (Fsp3) is 0.211. The Morgan fingerprint density at radius 2 is 1.85 bits per heavy atom. The highest BCUT2D eigenvalue weighted by atomic mass is 19.1. The number of nitrogen functional groups attached to an aromatic ring is 1. The Morgan fingerprint density at radius 1 is 1.15 bits per heavy atom. The smallest absolute Gasteiger partial charge is 0.340 e. The van der Waals surface area contributed by atoms with Crippen molar-refractivity contribution in [3.63, 3.8) is 0 Å². The maximum Gasteiger partial charge on any atom is 0.340 e. The van der Waals surface area contributed by atoms with E-state index in [1.165, 1.54) is 13.0 Å². The number of hydrogen-bond acceptors (Lipinski definition) is 5. The Kier molecular flexibility index (Phi) is 6.43. The molecule has 3 N–H and O–H groups in total. The molecular weight excluding hydrogens is 339 g/mol. The number of Topliss-reactive ketones (excluding diaryl/α,β-unsaturated/α-hetero) is 1. The summed E-state index contributed by atoms with van der Waals surface area (Å²) in [5.41, 5.74) is 6.32. The Balaban J connectivity index is 1.91. The third kappa shape index (κ3) is 5.41. The predicted octanol–water partition coefficient (Wildman–Crippen LogP) is 1.88. The summed E-state index contributed by atoms with van der Waals surface area (Å²) in [6, 6.07) is 11.7. The Morgan fingerprint density at radius 3 is 2.46 bits per heavy atom. The molecule has 6 nitrogen and oxygen atoms in total. The molecule has 0 bridgehead atoms. The first-order valence-corrected chi connectivity index (χ1v) is 7.92. The van der Waals surface area contributed by atoms with Gasteiger partial charge in [0.25, 0.3) is 5.91 Å². The van der Waals surface area contributed by atoms with Crippen LogP contribution in [0.15, 0.2) is 48.5 Å². The Labute approximate surface area is 150 Å². The van der Waals surface area contributed by atoms with Gasteiger partial charge in [-0.05, 0) is 37.1 Å². The number of halogens is 1. The van der Waals surface area contributed by atoms with Gasteiger partial charge >= 0.3 is 5.97 Å². The number of ether oxygens (including phenoxy) is 1. The molecule has 0 spiro atoms. The number of ketones is 1. The summed E-state index contributed by atoms with van der Waals surface area (Å²) in [5.74, 6) is -2.26. The predicted molar refractivity (Wildman–Crippen MR) is 93.9 cm³/mol. The van der Waals surface area contributed by atoms with Crippen molar-refractivity contribution < 1.29 is 23.5 Å². The lowest BCUT2D eigenvalue weighted by Crippen LogP contribution is -2.43.